The van der Waals surface area contributed by atoms with Gasteiger partial charge in [0.15, 0.2) is 5.11 Å². The number of thiocarbonyl (C=S) groups is 1. The van der Waals surface area contributed by atoms with Gasteiger partial charge >= 0.3 is 0 Å². The number of hydrogen-bond acceptors (Lipinski definition) is 2. The monoisotopic (exact) mass is 258 g/mol. The molecular formula is C13H14N4S. The van der Waals surface area contributed by atoms with Crippen LogP contribution in [0.25, 0.3) is 5.69 Å². The average Bonchev–Trinajstić information content (AvgIpc) is 2.90. The van der Waals surface area contributed by atoms with Gasteiger partial charge in [0.1, 0.15) is 0 Å². The van der Waals surface area contributed by atoms with Crippen molar-refractivity contribution in [2.45, 2.75) is 6.92 Å². The number of nitrogens with one attached hydrogen (secondary N) is 1. The highest BCUT2D eigenvalue weighted by molar-refractivity contribution is 7.80. The smallest absolute Gasteiger partial charge is 0.184 e. The van der Waals surface area contributed by atoms with Crippen molar-refractivity contribution in [2.75, 3.05) is 0 Å². The number of nitrogens with two attached hydrogens (primary N) is 1. The van der Waals surface area contributed by atoms with Crippen molar-refractivity contribution in [3.63, 3.8) is 0 Å². The van der Waals surface area contributed by atoms with Gasteiger partial charge in [0.05, 0.1) is 5.71 Å². The van der Waals surface area contributed by atoms with Crippen molar-refractivity contribution < 1.29 is 0 Å². The molecule has 0 amide bonds. The van der Waals surface area contributed by atoms with Crippen LogP contribution >= 0.6 is 12.2 Å². The highest BCUT2D eigenvalue weighted by Gasteiger charge is 1.99. The fourth-order valence-corrected chi connectivity index (χ4v) is 1.63. The summed E-state index contributed by atoms with van der Waals surface area (Å²) in [6.07, 6.45) is 4.01. The molecule has 92 valence electrons. The van der Waals surface area contributed by atoms with Gasteiger partial charge in [0, 0.05) is 18.1 Å². The Kier molecular flexibility index (Phi) is 3.74. The number of benzene rings is 1. The van der Waals surface area contributed by atoms with E-state index in [1.165, 1.54) is 0 Å². The summed E-state index contributed by atoms with van der Waals surface area (Å²) >= 11 is 4.69. The van der Waals surface area contributed by atoms with E-state index in [4.69, 9.17) is 18.0 Å². The molecule has 0 radical (unpaired) electrons. The Morgan fingerprint density at radius 1 is 1.22 bits per heavy atom. The van der Waals surface area contributed by atoms with E-state index in [-0.39, 0.29) is 5.11 Å². The summed E-state index contributed by atoms with van der Waals surface area (Å²) in [6, 6.07) is 12.1. The minimum absolute atomic E-state index is 0.165. The number of nitrogens with zero attached hydrogens (tertiary/aromatic N) is 2. The lowest BCUT2D eigenvalue weighted by molar-refractivity contribution is 1.03. The molecule has 0 bridgehead atoms. The molecule has 0 aliphatic heterocycles. The first kappa shape index (κ1) is 12.3. The molecule has 1 heterocycles. The summed E-state index contributed by atoms with van der Waals surface area (Å²) in [5.74, 6) is 0. The SMILES string of the molecule is C/C(=N\NC(N)=S)c1ccc(-n2cccc2)cc1. The van der Waals surface area contributed by atoms with Gasteiger partial charge in [-0.3, -0.25) is 5.43 Å². The number of hydrazone groups is 1. The van der Waals surface area contributed by atoms with Crippen LogP contribution in [0.1, 0.15) is 12.5 Å². The van der Waals surface area contributed by atoms with E-state index < -0.39 is 0 Å². The van der Waals surface area contributed by atoms with Crippen molar-refractivity contribution in [3.05, 3.63) is 54.4 Å². The van der Waals surface area contributed by atoms with Gasteiger partial charge in [-0.2, -0.15) is 5.10 Å². The second kappa shape index (κ2) is 5.46. The second-order valence-corrected chi connectivity index (χ2v) is 4.25. The lowest BCUT2D eigenvalue weighted by Crippen LogP contribution is -2.25. The van der Waals surface area contributed by atoms with Crippen LogP contribution in [0, 0.1) is 0 Å². The molecule has 2 rings (SSSR count). The van der Waals surface area contributed by atoms with Gasteiger partial charge in [-0.1, -0.05) is 12.1 Å². The lowest BCUT2D eigenvalue weighted by Gasteiger charge is -2.05. The quantitative estimate of drug-likeness (QED) is 0.503. The summed E-state index contributed by atoms with van der Waals surface area (Å²) in [4.78, 5) is 0. The standard InChI is InChI=1S/C13H14N4S/c1-10(15-16-13(14)18)11-4-6-12(7-5-11)17-8-2-3-9-17/h2-9H,1H3,(H3,14,16,18)/b15-10+. The molecule has 1 aromatic heterocycles. The van der Waals surface area contributed by atoms with Crippen LogP contribution < -0.4 is 11.2 Å². The van der Waals surface area contributed by atoms with Crippen LogP contribution in [0.2, 0.25) is 0 Å². The predicted octanol–water partition coefficient (Wildman–Crippen LogP) is 2.03. The summed E-state index contributed by atoms with van der Waals surface area (Å²) in [6.45, 7) is 1.90. The van der Waals surface area contributed by atoms with Crippen LogP contribution in [-0.2, 0) is 0 Å². The lowest BCUT2D eigenvalue weighted by atomic mass is 10.1. The molecule has 0 atom stereocenters. The minimum Gasteiger partial charge on any atom is -0.375 e. The summed E-state index contributed by atoms with van der Waals surface area (Å²) in [5, 5.41) is 4.25. The van der Waals surface area contributed by atoms with Crippen molar-refractivity contribution in [2.24, 2.45) is 10.8 Å². The van der Waals surface area contributed by atoms with Gasteiger partial charge in [-0.25, -0.2) is 0 Å². The van der Waals surface area contributed by atoms with Crippen molar-refractivity contribution >= 4 is 23.0 Å². The van der Waals surface area contributed by atoms with Gasteiger partial charge in [-0.15, -0.1) is 0 Å². The number of rotatable bonds is 3. The maximum atomic E-state index is 5.32. The zero-order valence-electron chi connectivity index (χ0n) is 10.00. The Labute approximate surface area is 111 Å². The molecule has 0 spiro atoms. The van der Waals surface area contributed by atoms with Crippen LogP contribution in [0.3, 0.4) is 0 Å². The van der Waals surface area contributed by atoms with Crippen LogP contribution in [0.15, 0.2) is 53.9 Å². The molecule has 2 aromatic rings. The van der Waals surface area contributed by atoms with Gasteiger partial charge in [0.2, 0.25) is 0 Å². The molecule has 1 aromatic carbocycles. The second-order valence-electron chi connectivity index (χ2n) is 3.81. The zero-order valence-corrected chi connectivity index (χ0v) is 10.8. The number of hydrogen-bond donors (Lipinski definition) is 2. The third kappa shape index (κ3) is 2.95. The molecule has 0 saturated carbocycles. The largest absolute Gasteiger partial charge is 0.375 e. The fraction of sp³-hybridized carbons (Fsp3) is 0.0769. The first-order valence-corrected chi connectivity index (χ1v) is 5.91. The maximum Gasteiger partial charge on any atom is 0.184 e. The number of aromatic nitrogens is 1. The van der Waals surface area contributed by atoms with E-state index in [0.717, 1.165) is 17.0 Å². The molecule has 0 fully saturated rings. The Morgan fingerprint density at radius 3 is 2.39 bits per heavy atom. The Bertz CT molecular complexity index is 555. The highest BCUT2D eigenvalue weighted by Crippen LogP contribution is 2.10. The summed E-state index contributed by atoms with van der Waals surface area (Å²) in [7, 11) is 0. The molecular weight excluding hydrogens is 244 g/mol. The van der Waals surface area contributed by atoms with Crippen molar-refractivity contribution in [1.82, 2.24) is 9.99 Å². The minimum atomic E-state index is 0.165. The van der Waals surface area contributed by atoms with Crippen LogP contribution in [-0.4, -0.2) is 15.4 Å². The van der Waals surface area contributed by atoms with Crippen molar-refractivity contribution in [1.29, 1.82) is 0 Å². The van der Waals surface area contributed by atoms with Gasteiger partial charge in [-0.05, 0) is 49.0 Å². The maximum absolute atomic E-state index is 5.32. The molecule has 0 unspecified atom stereocenters. The Balaban J connectivity index is 2.17. The predicted molar refractivity (Wildman–Crippen MR) is 77.9 cm³/mol. The third-order valence-electron chi connectivity index (χ3n) is 2.52. The van der Waals surface area contributed by atoms with Gasteiger partial charge < -0.3 is 10.3 Å². The van der Waals surface area contributed by atoms with E-state index in [0.29, 0.717) is 0 Å². The molecule has 0 aliphatic carbocycles. The Morgan fingerprint density at radius 2 is 1.83 bits per heavy atom. The van der Waals surface area contributed by atoms with Crippen LogP contribution in [0.5, 0.6) is 0 Å². The van der Waals surface area contributed by atoms with Gasteiger partial charge in [0.25, 0.3) is 0 Å². The first-order valence-electron chi connectivity index (χ1n) is 5.50. The highest BCUT2D eigenvalue weighted by atomic mass is 32.1. The molecule has 18 heavy (non-hydrogen) atoms. The fourth-order valence-electron chi connectivity index (χ4n) is 1.58. The van der Waals surface area contributed by atoms with E-state index in [2.05, 4.69) is 10.5 Å². The molecule has 0 saturated heterocycles. The van der Waals surface area contributed by atoms with E-state index in [1.54, 1.807) is 0 Å². The molecule has 3 N–H and O–H groups in total. The van der Waals surface area contributed by atoms with Crippen LogP contribution in [0.4, 0.5) is 0 Å². The molecule has 0 aliphatic rings. The summed E-state index contributed by atoms with van der Waals surface area (Å²) in [5.41, 5.74) is 10.9. The topological polar surface area (TPSA) is 55.3 Å². The van der Waals surface area contributed by atoms with E-state index in [9.17, 15) is 0 Å². The van der Waals surface area contributed by atoms with E-state index in [1.807, 2.05) is 60.3 Å². The normalized spacial score (nSPS) is 11.3. The Hall–Kier alpha value is -2.14. The first-order chi connectivity index (χ1) is 8.66. The van der Waals surface area contributed by atoms with Crippen molar-refractivity contribution in [3.8, 4) is 5.69 Å². The van der Waals surface area contributed by atoms with E-state index >= 15 is 0 Å². The molecule has 4 nitrogen and oxygen atoms in total. The zero-order chi connectivity index (χ0) is 13.0. The summed E-state index contributed by atoms with van der Waals surface area (Å²) < 4.78 is 2.05. The third-order valence-corrected chi connectivity index (χ3v) is 2.61. The average molecular weight is 258 g/mol. The molecule has 5 heteroatoms.